The summed E-state index contributed by atoms with van der Waals surface area (Å²) in [5.74, 6) is 1.58. The number of anilines is 2. The number of nitrogens with zero attached hydrogens (tertiary/aromatic N) is 1. The molecule has 2 unspecified atom stereocenters. The fraction of sp³-hybridized carbons (Fsp3) is 0.500. The van der Waals surface area contributed by atoms with Crippen molar-refractivity contribution >= 4 is 23.1 Å². The van der Waals surface area contributed by atoms with Crippen LogP contribution in [0.2, 0.25) is 5.15 Å². The molecule has 0 amide bonds. The maximum Gasteiger partial charge on any atom is 0.133 e. The number of nitrogen functional groups attached to an aromatic ring is 1. The number of halogens is 1. The second-order valence-corrected chi connectivity index (χ2v) is 4.15. The van der Waals surface area contributed by atoms with Crippen molar-refractivity contribution in [2.75, 3.05) is 11.1 Å². The van der Waals surface area contributed by atoms with Crippen LogP contribution < -0.4 is 11.1 Å². The van der Waals surface area contributed by atoms with Crippen LogP contribution in [0.1, 0.15) is 19.8 Å². The van der Waals surface area contributed by atoms with Gasteiger partial charge in [0.25, 0.3) is 0 Å². The molecular weight excluding hydrogens is 198 g/mol. The third kappa shape index (κ3) is 2.10. The molecule has 4 heteroatoms. The molecule has 1 aliphatic rings. The van der Waals surface area contributed by atoms with E-state index in [1.807, 2.05) is 6.07 Å². The standard InChI is InChI=1S/C10H14ClN3/c1-2-6-3-8(6)13-10-5-7(12)4-9(11)14-10/h4-6,8H,2-3H2,1H3,(H3,12,13,14). The lowest BCUT2D eigenvalue weighted by Gasteiger charge is -2.05. The van der Waals surface area contributed by atoms with Gasteiger partial charge in [-0.3, -0.25) is 0 Å². The highest BCUT2D eigenvalue weighted by Gasteiger charge is 2.35. The highest BCUT2D eigenvalue weighted by atomic mass is 35.5. The van der Waals surface area contributed by atoms with Gasteiger partial charge in [-0.1, -0.05) is 24.9 Å². The van der Waals surface area contributed by atoms with Crippen molar-refractivity contribution < 1.29 is 0 Å². The molecule has 2 atom stereocenters. The molecule has 0 aromatic carbocycles. The normalized spacial score (nSPS) is 24.7. The highest BCUT2D eigenvalue weighted by Crippen LogP contribution is 2.36. The van der Waals surface area contributed by atoms with Gasteiger partial charge in [0, 0.05) is 17.8 Å². The largest absolute Gasteiger partial charge is 0.399 e. The molecule has 14 heavy (non-hydrogen) atoms. The van der Waals surface area contributed by atoms with Gasteiger partial charge in [0.15, 0.2) is 0 Å². The van der Waals surface area contributed by atoms with Crippen LogP contribution in [0.15, 0.2) is 12.1 Å². The van der Waals surface area contributed by atoms with Crippen LogP contribution in [0.25, 0.3) is 0 Å². The average Bonchev–Trinajstić information content (AvgIpc) is 2.81. The summed E-state index contributed by atoms with van der Waals surface area (Å²) >= 11 is 5.79. The monoisotopic (exact) mass is 211 g/mol. The number of nitrogens with one attached hydrogen (secondary N) is 1. The first kappa shape index (κ1) is 9.59. The summed E-state index contributed by atoms with van der Waals surface area (Å²) < 4.78 is 0. The number of nitrogens with two attached hydrogens (primary N) is 1. The topological polar surface area (TPSA) is 50.9 Å². The van der Waals surface area contributed by atoms with E-state index in [1.165, 1.54) is 12.8 Å². The average molecular weight is 212 g/mol. The number of aromatic nitrogens is 1. The van der Waals surface area contributed by atoms with E-state index in [-0.39, 0.29) is 0 Å². The third-order valence-corrected chi connectivity index (χ3v) is 2.79. The van der Waals surface area contributed by atoms with Crippen LogP contribution in [-0.4, -0.2) is 11.0 Å². The molecule has 0 saturated heterocycles. The van der Waals surface area contributed by atoms with E-state index in [9.17, 15) is 0 Å². The number of pyridine rings is 1. The summed E-state index contributed by atoms with van der Waals surface area (Å²) in [7, 11) is 0. The molecule has 3 N–H and O–H groups in total. The Morgan fingerprint density at radius 3 is 3.00 bits per heavy atom. The summed E-state index contributed by atoms with van der Waals surface area (Å²) in [5, 5.41) is 3.77. The minimum absolute atomic E-state index is 0.446. The number of hydrogen-bond acceptors (Lipinski definition) is 3. The van der Waals surface area contributed by atoms with E-state index in [0.29, 0.717) is 16.9 Å². The van der Waals surface area contributed by atoms with E-state index in [4.69, 9.17) is 17.3 Å². The van der Waals surface area contributed by atoms with Crippen LogP contribution in [0.4, 0.5) is 11.5 Å². The van der Waals surface area contributed by atoms with Gasteiger partial charge in [0.1, 0.15) is 11.0 Å². The second-order valence-electron chi connectivity index (χ2n) is 3.76. The summed E-state index contributed by atoms with van der Waals surface area (Å²) in [6.45, 7) is 2.20. The zero-order valence-electron chi connectivity index (χ0n) is 8.13. The Morgan fingerprint density at radius 2 is 2.43 bits per heavy atom. The lowest BCUT2D eigenvalue weighted by atomic mass is 10.3. The number of hydrogen-bond donors (Lipinski definition) is 2. The third-order valence-electron chi connectivity index (χ3n) is 2.60. The predicted molar refractivity (Wildman–Crippen MR) is 59.5 cm³/mol. The zero-order valence-corrected chi connectivity index (χ0v) is 8.88. The Bertz CT molecular complexity index is 320. The maximum absolute atomic E-state index is 5.79. The first-order valence-corrected chi connectivity index (χ1v) is 5.26. The molecule has 1 saturated carbocycles. The van der Waals surface area contributed by atoms with E-state index in [0.717, 1.165) is 11.7 Å². The summed E-state index contributed by atoms with van der Waals surface area (Å²) in [5.41, 5.74) is 6.31. The van der Waals surface area contributed by atoms with E-state index < -0.39 is 0 Å². The second kappa shape index (κ2) is 3.65. The van der Waals surface area contributed by atoms with Gasteiger partial charge >= 0.3 is 0 Å². The van der Waals surface area contributed by atoms with Crippen molar-refractivity contribution in [2.24, 2.45) is 5.92 Å². The minimum atomic E-state index is 0.446. The van der Waals surface area contributed by atoms with Crippen molar-refractivity contribution in [1.29, 1.82) is 0 Å². The zero-order chi connectivity index (χ0) is 10.1. The van der Waals surface area contributed by atoms with Crippen molar-refractivity contribution in [3.8, 4) is 0 Å². The van der Waals surface area contributed by atoms with Crippen molar-refractivity contribution in [1.82, 2.24) is 4.98 Å². The first-order chi connectivity index (χ1) is 6.69. The molecule has 1 aliphatic carbocycles. The smallest absolute Gasteiger partial charge is 0.133 e. The van der Waals surface area contributed by atoms with Crippen molar-refractivity contribution in [3.63, 3.8) is 0 Å². The molecule has 1 heterocycles. The van der Waals surface area contributed by atoms with Gasteiger partial charge in [0.05, 0.1) is 0 Å². The van der Waals surface area contributed by atoms with Gasteiger partial charge in [-0.05, 0) is 18.4 Å². The van der Waals surface area contributed by atoms with Crippen LogP contribution in [0, 0.1) is 5.92 Å². The van der Waals surface area contributed by atoms with Gasteiger partial charge in [-0.15, -0.1) is 0 Å². The van der Waals surface area contributed by atoms with E-state index in [1.54, 1.807) is 6.07 Å². The Morgan fingerprint density at radius 1 is 1.64 bits per heavy atom. The van der Waals surface area contributed by atoms with Gasteiger partial charge in [-0.2, -0.15) is 0 Å². The SMILES string of the molecule is CCC1CC1Nc1cc(N)cc(Cl)n1. The minimum Gasteiger partial charge on any atom is -0.399 e. The maximum atomic E-state index is 5.79. The van der Waals surface area contributed by atoms with E-state index >= 15 is 0 Å². The molecular formula is C10H14ClN3. The molecule has 0 spiro atoms. The van der Waals surface area contributed by atoms with Crippen LogP contribution in [0.3, 0.4) is 0 Å². The van der Waals surface area contributed by atoms with Crippen molar-refractivity contribution in [3.05, 3.63) is 17.3 Å². The fourth-order valence-electron chi connectivity index (χ4n) is 1.66. The molecule has 76 valence electrons. The fourth-order valence-corrected chi connectivity index (χ4v) is 1.87. The van der Waals surface area contributed by atoms with Gasteiger partial charge < -0.3 is 11.1 Å². The molecule has 0 radical (unpaired) electrons. The molecule has 1 aromatic heterocycles. The van der Waals surface area contributed by atoms with Crippen molar-refractivity contribution in [2.45, 2.75) is 25.8 Å². The molecule has 1 aromatic rings. The molecule has 0 bridgehead atoms. The quantitative estimate of drug-likeness (QED) is 0.756. The Labute approximate surface area is 88.7 Å². The van der Waals surface area contributed by atoms with Gasteiger partial charge in [0.2, 0.25) is 0 Å². The van der Waals surface area contributed by atoms with Crippen LogP contribution in [-0.2, 0) is 0 Å². The number of rotatable bonds is 3. The van der Waals surface area contributed by atoms with Gasteiger partial charge in [-0.25, -0.2) is 4.98 Å². The summed E-state index contributed by atoms with van der Waals surface area (Å²) in [6.07, 6.45) is 2.44. The summed E-state index contributed by atoms with van der Waals surface area (Å²) in [4.78, 5) is 4.16. The molecule has 3 nitrogen and oxygen atoms in total. The van der Waals surface area contributed by atoms with Crippen LogP contribution >= 0.6 is 11.6 Å². The van der Waals surface area contributed by atoms with Crippen LogP contribution in [0.5, 0.6) is 0 Å². The predicted octanol–water partition coefficient (Wildman–Crippen LogP) is 2.53. The lowest BCUT2D eigenvalue weighted by molar-refractivity contribution is 0.773. The Balaban J connectivity index is 2.03. The highest BCUT2D eigenvalue weighted by molar-refractivity contribution is 6.29. The van der Waals surface area contributed by atoms with E-state index in [2.05, 4.69) is 17.2 Å². The molecule has 1 fully saturated rings. The lowest BCUT2D eigenvalue weighted by Crippen LogP contribution is -2.06. The molecule has 2 rings (SSSR count). The molecule has 0 aliphatic heterocycles. The summed E-state index contributed by atoms with van der Waals surface area (Å²) in [6, 6.07) is 4.03. The Kier molecular flexibility index (Phi) is 2.50. The Hall–Kier alpha value is -0.960. The first-order valence-electron chi connectivity index (χ1n) is 4.88.